The highest BCUT2D eigenvalue weighted by Gasteiger charge is 2.38. The van der Waals surface area contributed by atoms with E-state index in [-0.39, 0.29) is 5.91 Å². The lowest BCUT2D eigenvalue weighted by Gasteiger charge is -2.19. The van der Waals surface area contributed by atoms with Crippen molar-refractivity contribution >= 4 is 5.91 Å². The van der Waals surface area contributed by atoms with Crippen molar-refractivity contribution in [3.05, 3.63) is 54.1 Å². The van der Waals surface area contributed by atoms with Gasteiger partial charge in [0.2, 0.25) is 0 Å². The average Bonchev–Trinajstić information content (AvgIpc) is 3.35. The van der Waals surface area contributed by atoms with Crippen LogP contribution in [0.15, 0.2) is 48.5 Å². The Kier molecular flexibility index (Phi) is 6.20. The van der Waals surface area contributed by atoms with Crippen molar-refractivity contribution in [1.29, 1.82) is 0 Å². The van der Waals surface area contributed by atoms with Crippen LogP contribution in [0.3, 0.4) is 0 Å². The van der Waals surface area contributed by atoms with Gasteiger partial charge in [-0.1, -0.05) is 18.2 Å². The Balaban J connectivity index is 1.36. The zero-order valence-corrected chi connectivity index (χ0v) is 16.8. The van der Waals surface area contributed by atoms with Crippen LogP contribution in [0.2, 0.25) is 0 Å². The molecule has 6 nitrogen and oxygen atoms in total. The Bertz CT molecular complexity index is 815. The summed E-state index contributed by atoms with van der Waals surface area (Å²) in [6.45, 7) is 6.93. The van der Waals surface area contributed by atoms with E-state index in [9.17, 15) is 4.79 Å². The molecular weight excluding hydrogens is 368 g/mol. The summed E-state index contributed by atoms with van der Waals surface area (Å²) in [4.78, 5) is 14.9. The van der Waals surface area contributed by atoms with Crippen molar-refractivity contribution in [2.75, 3.05) is 46.0 Å². The van der Waals surface area contributed by atoms with E-state index in [0.717, 1.165) is 31.9 Å². The molecule has 0 unspecified atom stereocenters. The van der Waals surface area contributed by atoms with Gasteiger partial charge in [-0.3, -0.25) is 4.79 Å². The summed E-state index contributed by atoms with van der Waals surface area (Å²) in [6.07, 6.45) is 0. The molecule has 6 heteroatoms. The van der Waals surface area contributed by atoms with E-state index in [1.807, 2.05) is 54.3 Å². The number of hydrogen-bond donors (Lipinski definition) is 1. The molecule has 2 fully saturated rings. The van der Waals surface area contributed by atoms with Crippen molar-refractivity contribution < 1.29 is 19.0 Å². The lowest BCUT2D eigenvalue weighted by Crippen LogP contribution is -2.31. The molecule has 2 aliphatic rings. The molecule has 0 spiro atoms. The van der Waals surface area contributed by atoms with Crippen LogP contribution < -0.4 is 19.5 Å². The zero-order chi connectivity index (χ0) is 20.1. The molecule has 2 aliphatic heterocycles. The van der Waals surface area contributed by atoms with Gasteiger partial charge in [-0.25, -0.2) is 0 Å². The van der Waals surface area contributed by atoms with E-state index in [0.29, 0.717) is 48.7 Å². The molecule has 0 bridgehead atoms. The molecule has 0 radical (unpaired) electrons. The SMILES string of the molecule is CCOc1cc(C(=O)N2C[C@H]3CNC[C@H]3C2)ccc1OCCOc1ccccc1. The largest absolute Gasteiger partial charge is 0.490 e. The minimum atomic E-state index is 0.0688. The summed E-state index contributed by atoms with van der Waals surface area (Å²) in [5, 5.41) is 3.41. The van der Waals surface area contributed by atoms with E-state index in [4.69, 9.17) is 14.2 Å². The highest BCUT2D eigenvalue weighted by atomic mass is 16.5. The summed E-state index contributed by atoms with van der Waals surface area (Å²) in [5.74, 6) is 3.27. The monoisotopic (exact) mass is 396 g/mol. The maximum Gasteiger partial charge on any atom is 0.254 e. The average molecular weight is 396 g/mol. The summed E-state index contributed by atoms with van der Waals surface area (Å²) >= 11 is 0. The summed E-state index contributed by atoms with van der Waals surface area (Å²) < 4.78 is 17.2. The molecule has 0 saturated carbocycles. The zero-order valence-electron chi connectivity index (χ0n) is 16.8. The van der Waals surface area contributed by atoms with Crippen molar-refractivity contribution in [2.24, 2.45) is 11.8 Å². The fraction of sp³-hybridized carbons (Fsp3) is 0.435. The molecule has 0 aromatic heterocycles. The molecular formula is C23H28N2O4. The van der Waals surface area contributed by atoms with Gasteiger partial charge >= 0.3 is 0 Å². The molecule has 1 N–H and O–H groups in total. The highest BCUT2D eigenvalue weighted by molar-refractivity contribution is 5.95. The van der Waals surface area contributed by atoms with E-state index in [1.165, 1.54) is 0 Å². The second-order valence-corrected chi connectivity index (χ2v) is 7.49. The first-order valence-electron chi connectivity index (χ1n) is 10.3. The summed E-state index contributed by atoms with van der Waals surface area (Å²) in [7, 11) is 0. The Morgan fingerprint density at radius 1 is 0.966 bits per heavy atom. The maximum atomic E-state index is 13.0. The van der Waals surface area contributed by atoms with Crippen LogP contribution in [-0.4, -0.2) is 56.8 Å². The van der Waals surface area contributed by atoms with Gasteiger partial charge in [-0.15, -0.1) is 0 Å². The number of carbonyl (C=O) groups excluding carboxylic acids is 1. The molecule has 2 aromatic rings. The number of rotatable bonds is 8. The number of likely N-dealkylation sites (tertiary alicyclic amines) is 1. The molecule has 1 amide bonds. The van der Waals surface area contributed by atoms with Crippen molar-refractivity contribution in [3.8, 4) is 17.2 Å². The smallest absolute Gasteiger partial charge is 0.254 e. The Morgan fingerprint density at radius 3 is 2.41 bits per heavy atom. The number of para-hydroxylation sites is 1. The molecule has 154 valence electrons. The first kappa shape index (κ1) is 19.6. The Labute approximate surface area is 171 Å². The standard InChI is InChI=1S/C23H28N2O4/c1-2-27-22-12-17(23(26)25-15-18-13-24-14-19(18)16-25)8-9-21(22)29-11-10-28-20-6-4-3-5-7-20/h3-9,12,18-19,24H,2,10-11,13-16H2,1H3/t18-,19+. The van der Waals surface area contributed by atoms with Crippen LogP contribution in [0.1, 0.15) is 17.3 Å². The van der Waals surface area contributed by atoms with Gasteiger partial charge < -0.3 is 24.4 Å². The summed E-state index contributed by atoms with van der Waals surface area (Å²) in [5.41, 5.74) is 0.647. The Morgan fingerprint density at radius 2 is 1.69 bits per heavy atom. The number of hydrogen-bond acceptors (Lipinski definition) is 5. The van der Waals surface area contributed by atoms with Crippen LogP contribution in [0.5, 0.6) is 17.2 Å². The highest BCUT2D eigenvalue weighted by Crippen LogP contribution is 2.31. The molecule has 4 rings (SSSR count). The van der Waals surface area contributed by atoms with Gasteiger partial charge in [0.05, 0.1) is 6.61 Å². The van der Waals surface area contributed by atoms with Gasteiger partial charge in [-0.2, -0.15) is 0 Å². The van der Waals surface area contributed by atoms with E-state index < -0.39 is 0 Å². The van der Waals surface area contributed by atoms with Crippen LogP contribution in [0, 0.1) is 11.8 Å². The van der Waals surface area contributed by atoms with Gasteiger partial charge in [0.15, 0.2) is 11.5 Å². The minimum Gasteiger partial charge on any atom is -0.490 e. The number of ether oxygens (including phenoxy) is 3. The summed E-state index contributed by atoms with van der Waals surface area (Å²) in [6, 6.07) is 15.1. The maximum absolute atomic E-state index is 13.0. The van der Waals surface area contributed by atoms with Gasteiger partial charge in [-0.05, 0) is 49.1 Å². The topological polar surface area (TPSA) is 60.0 Å². The fourth-order valence-corrected chi connectivity index (χ4v) is 4.06. The first-order chi connectivity index (χ1) is 14.2. The molecule has 29 heavy (non-hydrogen) atoms. The van der Waals surface area contributed by atoms with E-state index >= 15 is 0 Å². The van der Waals surface area contributed by atoms with Gasteiger partial charge in [0.1, 0.15) is 19.0 Å². The van der Waals surface area contributed by atoms with Crippen LogP contribution in [0.25, 0.3) is 0 Å². The quantitative estimate of drug-likeness (QED) is 0.696. The number of nitrogens with one attached hydrogen (secondary N) is 1. The molecule has 2 aromatic carbocycles. The molecule has 2 saturated heterocycles. The number of amides is 1. The van der Waals surface area contributed by atoms with Crippen molar-refractivity contribution in [3.63, 3.8) is 0 Å². The number of carbonyl (C=O) groups is 1. The van der Waals surface area contributed by atoms with Gasteiger partial charge in [0.25, 0.3) is 5.91 Å². The minimum absolute atomic E-state index is 0.0688. The second-order valence-electron chi connectivity index (χ2n) is 7.49. The van der Waals surface area contributed by atoms with E-state index in [1.54, 1.807) is 6.07 Å². The number of benzene rings is 2. The number of nitrogens with zero attached hydrogens (tertiary/aromatic N) is 1. The predicted molar refractivity (Wildman–Crippen MR) is 111 cm³/mol. The molecule has 2 atom stereocenters. The predicted octanol–water partition coefficient (Wildman–Crippen LogP) is 2.83. The van der Waals surface area contributed by atoms with Crippen LogP contribution >= 0.6 is 0 Å². The normalized spacial score (nSPS) is 20.4. The third-order valence-corrected chi connectivity index (χ3v) is 5.52. The van der Waals surface area contributed by atoms with Crippen LogP contribution in [0.4, 0.5) is 0 Å². The van der Waals surface area contributed by atoms with Crippen LogP contribution in [-0.2, 0) is 0 Å². The van der Waals surface area contributed by atoms with Crippen molar-refractivity contribution in [2.45, 2.75) is 6.92 Å². The lowest BCUT2D eigenvalue weighted by molar-refractivity contribution is 0.0781. The van der Waals surface area contributed by atoms with Crippen molar-refractivity contribution in [1.82, 2.24) is 10.2 Å². The second kappa shape index (κ2) is 9.18. The third-order valence-electron chi connectivity index (χ3n) is 5.52. The van der Waals surface area contributed by atoms with Gasteiger partial charge in [0, 0.05) is 31.7 Å². The first-order valence-corrected chi connectivity index (χ1v) is 10.3. The Hall–Kier alpha value is -2.73. The lowest BCUT2D eigenvalue weighted by atomic mass is 10.0. The fourth-order valence-electron chi connectivity index (χ4n) is 4.06. The number of fused-ring (bicyclic) bond motifs is 1. The van der Waals surface area contributed by atoms with E-state index in [2.05, 4.69) is 5.32 Å². The molecule has 0 aliphatic carbocycles. The molecule has 2 heterocycles. The third kappa shape index (κ3) is 4.65.